The summed E-state index contributed by atoms with van der Waals surface area (Å²) in [6.07, 6.45) is 1.60. The maximum Gasteiger partial charge on any atom is 0.269 e. The van der Waals surface area contributed by atoms with E-state index < -0.39 is 0 Å². The van der Waals surface area contributed by atoms with Gasteiger partial charge in [0.2, 0.25) is 0 Å². The molecule has 0 radical (unpaired) electrons. The number of pyridine rings is 1. The van der Waals surface area contributed by atoms with Crippen molar-refractivity contribution in [1.82, 2.24) is 10.3 Å². The third-order valence-corrected chi connectivity index (χ3v) is 3.54. The van der Waals surface area contributed by atoms with Gasteiger partial charge in [0.15, 0.2) is 0 Å². The molecular weight excluding hydrogens is 262 g/mol. The van der Waals surface area contributed by atoms with Crippen LogP contribution in [0.25, 0.3) is 0 Å². The van der Waals surface area contributed by atoms with Crippen molar-refractivity contribution in [3.05, 3.63) is 29.6 Å². The van der Waals surface area contributed by atoms with E-state index in [2.05, 4.69) is 49.8 Å². The van der Waals surface area contributed by atoms with Crippen LogP contribution in [-0.4, -0.2) is 24.0 Å². The summed E-state index contributed by atoms with van der Waals surface area (Å²) in [6, 6.07) is 3.47. The molecule has 0 aliphatic heterocycles. The highest BCUT2D eigenvalue weighted by atomic mass is 16.1. The standard InChI is InChI=1S/C17H25N3O/c1-12(2)15(13(3)4)11-20-17(21)16-8-7-14(10-19-16)6-5-9-18/h7-8,10,12-13,15H,9,11,18H2,1-4H3,(H,20,21). The summed E-state index contributed by atoms with van der Waals surface area (Å²) in [6.45, 7) is 9.71. The van der Waals surface area contributed by atoms with E-state index in [0.717, 1.165) is 5.56 Å². The van der Waals surface area contributed by atoms with Gasteiger partial charge in [-0.3, -0.25) is 4.79 Å². The minimum absolute atomic E-state index is 0.139. The van der Waals surface area contributed by atoms with Crippen molar-refractivity contribution in [2.24, 2.45) is 23.5 Å². The molecule has 0 aliphatic rings. The van der Waals surface area contributed by atoms with Crippen molar-refractivity contribution >= 4 is 5.91 Å². The zero-order chi connectivity index (χ0) is 15.8. The summed E-state index contributed by atoms with van der Waals surface area (Å²) in [5.74, 6) is 7.03. The molecule has 1 aromatic heterocycles. The fraction of sp³-hybridized carbons (Fsp3) is 0.529. The lowest BCUT2D eigenvalue weighted by Crippen LogP contribution is -2.34. The fourth-order valence-corrected chi connectivity index (χ4v) is 2.30. The second-order valence-electron chi connectivity index (χ2n) is 5.80. The normalized spacial score (nSPS) is 10.7. The molecule has 1 rings (SSSR count). The Bertz CT molecular complexity index is 501. The number of carbonyl (C=O) groups is 1. The first-order valence-electron chi connectivity index (χ1n) is 7.38. The van der Waals surface area contributed by atoms with E-state index in [1.54, 1.807) is 18.3 Å². The molecule has 0 unspecified atom stereocenters. The highest BCUT2D eigenvalue weighted by Gasteiger charge is 2.18. The molecule has 4 heteroatoms. The quantitative estimate of drug-likeness (QED) is 0.814. The first-order chi connectivity index (χ1) is 9.95. The summed E-state index contributed by atoms with van der Waals surface area (Å²) >= 11 is 0. The number of rotatable bonds is 5. The van der Waals surface area contributed by atoms with Gasteiger partial charge in [0.25, 0.3) is 5.91 Å². The van der Waals surface area contributed by atoms with Crippen molar-refractivity contribution in [1.29, 1.82) is 0 Å². The highest BCUT2D eigenvalue weighted by molar-refractivity contribution is 5.92. The second kappa shape index (κ2) is 8.43. The van der Waals surface area contributed by atoms with Crippen molar-refractivity contribution in [2.45, 2.75) is 27.7 Å². The zero-order valence-electron chi connectivity index (χ0n) is 13.3. The van der Waals surface area contributed by atoms with Crippen LogP contribution in [0.4, 0.5) is 0 Å². The Kier molecular flexibility index (Phi) is 6.90. The molecule has 1 aromatic rings. The van der Waals surface area contributed by atoms with Gasteiger partial charge in [-0.25, -0.2) is 4.98 Å². The van der Waals surface area contributed by atoms with E-state index in [1.807, 2.05) is 0 Å². The second-order valence-corrected chi connectivity index (χ2v) is 5.80. The van der Waals surface area contributed by atoms with Crippen LogP contribution in [0.1, 0.15) is 43.7 Å². The highest BCUT2D eigenvalue weighted by Crippen LogP contribution is 2.19. The predicted molar refractivity (Wildman–Crippen MR) is 85.7 cm³/mol. The first-order valence-corrected chi connectivity index (χ1v) is 7.38. The van der Waals surface area contributed by atoms with Crippen LogP contribution in [0.3, 0.4) is 0 Å². The number of amides is 1. The Labute approximate surface area is 127 Å². The van der Waals surface area contributed by atoms with Gasteiger partial charge in [0.1, 0.15) is 5.69 Å². The Morgan fingerprint density at radius 2 is 1.95 bits per heavy atom. The summed E-state index contributed by atoms with van der Waals surface area (Å²) in [7, 11) is 0. The van der Waals surface area contributed by atoms with Crippen LogP contribution in [-0.2, 0) is 0 Å². The maximum atomic E-state index is 12.1. The Hall–Kier alpha value is -1.86. The molecule has 1 heterocycles. The summed E-state index contributed by atoms with van der Waals surface area (Å²) in [4.78, 5) is 16.2. The maximum absolute atomic E-state index is 12.1. The van der Waals surface area contributed by atoms with Crippen LogP contribution in [0, 0.1) is 29.6 Å². The van der Waals surface area contributed by atoms with Gasteiger partial charge in [-0.15, -0.1) is 0 Å². The number of aromatic nitrogens is 1. The number of nitrogens with one attached hydrogen (secondary N) is 1. The van der Waals surface area contributed by atoms with Gasteiger partial charge >= 0.3 is 0 Å². The molecule has 0 saturated heterocycles. The third-order valence-electron chi connectivity index (χ3n) is 3.54. The lowest BCUT2D eigenvalue weighted by Gasteiger charge is -2.24. The summed E-state index contributed by atoms with van der Waals surface area (Å²) in [5.41, 5.74) is 6.49. The van der Waals surface area contributed by atoms with Gasteiger partial charge < -0.3 is 11.1 Å². The predicted octanol–water partition coefficient (Wildman–Crippen LogP) is 2.05. The fourth-order valence-electron chi connectivity index (χ4n) is 2.30. The largest absolute Gasteiger partial charge is 0.350 e. The van der Waals surface area contributed by atoms with Crippen LogP contribution < -0.4 is 11.1 Å². The summed E-state index contributed by atoms with van der Waals surface area (Å²) < 4.78 is 0. The molecular formula is C17H25N3O. The monoisotopic (exact) mass is 287 g/mol. The third kappa shape index (κ3) is 5.57. The molecule has 0 atom stereocenters. The Morgan fingerprint density at radius 3 is 2.43 bits per heavy atom. The summed E-state index contributed by atoms with van der Waals surface area (Å²) in [5, 5.41) is 2.97. The van der Waals surface area contributed by atoms with E-state index in [1.165, 1.54) is 0 Å². The number of nitrogens with two attached hydrogens (primary N) is 1. The van der Waals surface area contributed by atoms with Crippen LogP contribution in [0.5, 0.6) is 0 Å². The lowest BCUT2D eigenvalue weighted by atomic mass is 9.85. The average molecular weight is 287 g/mol. The van der Waals surface area contributed by atoms with Gasteiger partial charge in [-0.2, -0.15) is 0 Å². The molecule has 3 N–H and O–H groups in total. The van der Waals surface area contributed by atoms with Crippen LogP contribution >= 0.6 is 0 Å². The van der Waals surface area contributed by atoms with Gasteiger partial charge in [0, 0.05) is 18.3 Å². The van der Waals surface area contributed by atoms with Crippen LogP contribution in [0.15, 0.2) is 18.3 Å². The molecule has 0 aliphatic carbocycles. The van der Waals surface area contributed by atoms with E-state index in [-0.39, 0.29) is 5.91 Å². The number of carbonyl (C=O) groups excluding carboxylic acids is 1. The van der Waals surface area contributed by atoms with Gasteiger partial charge in [-0.05, 0) is 29.9 Å². The minimum Gasteiger partial charge on any atom is -0.350 e. The zero-order valence-corrected chi connectivity index (χ0v) is 13.3. The molecule has 21 heavy (non-hydrogen) atoms. The molecule has 0 saturated carbocycles. The first kappa shape index (κ1) is 17.2. The topological polar surface area (TPSA) is 68.0 Å². The van der Waals surface area contributed by atoms with Crippen molar-refractivity contribution in [3.63, 3.8) is 0 Å². The van der Waals surface area contributed by atoms with Crippen LogP contribution in [0.2, 0.25) is 0 Å². The number of hydrogen-bond donors (Lipinski definition) is 2. The number of nitrogens with zero attached hydrogens (tertiary/aromatic N) is 1. The molecule has 1 amide bonds. The smallest absolute Gasteiger partial charge is 0.269 e. The van der Waals surface area contributed by atoms with E-state index in [0.29, 0.717) is 36.5 Å². The molecule has 0 spiro atoms. The van der Waals surface area contributed by atoms with Crippen molar-refractivity contribution in [3.8, 4) is 11.8 Å². The van der Waals surface area contributed by atoms with E-state index in [4.69, 9.17) is 5.73 Å². The molecule has 0 fully saturated rings. The molecule has 0 bridgehead atoms. The van der Waals surface area contributed by atoms with E-state index >= 15 is 0 Å². The SMILES string of the molecule is CC(C)C(CNC(=O)c1ccc(C#CCN)cn1)C(C)C. The minimum atomic E-state index is -0.139. The molecule has 4 nitrogen and oxygen atoms in total. The number of hydrogen-bond acceptors (Lipinski definition) is 3. The van der Waals surface area contributed by atoms with Gasteiger partial charge in [-0.1, -0.05) is 39.5 Å². The average Bonchev–Trinajstić information content (AvgIpc) is 2.44. The Balaban J connectivity index is 2.63. The Morgan fingerprint density at radius 1 is 1.29 bits per heavy atom. The van der Waals surface area contributed by atoms with Crippen molar-refractivity contribution in [2.75, 3.05) is 13.1 Å². The lowest BCUT2D eigenvalue weighted by molar-refractivity contribution is 0.0932. The molecule has 0 aromatic carbocycles. The molecule has 114 valence electrons. The van der Waals surface area contributed by atoms with Crippen molar-refractivity contribution < 1.29 is 4.79 Å². The van der Waals surface area contributed by atoms with Gasteiger partial charge in [0.05, 0.1) is 6.54 Å². The van der Waals surface area contributed by atoms with E-state index in [9.17, 15) is 4.79 Å².